The summed E-state index contributed by atoms with van der Waals surface area (Å²) in [7, 11) is -2.42. The molecule has 0 saturated heterocycles. The van der Waals surface area contributed by atoms with Crippen LogP contribution in [0.1, 0.15) is 15.9 Å². The molecule has 156 valence electrons. The minimum atomic E-state index is -3.94. The van der Waals surface area contributed by atoms with Crippen LogP contribution in [0.25, 0.3) is 0 Å². The summed E-state index contributed by atoms with van der Waals surface area (Å²) in [5.41, 5.74) is 1.49. The molecule has 0 spiro atoms. The number of hydrogen-bond donors (Lipinski definition) is 2. The van der Waals surface area contributed by atoms with E-state index in [9.17, 15) is 13.2 Å². The van der Waals surface area contributed by atoms with Crippen molar-refractivity contribution in [3.8, 4) is 11.5 Å². The quantitative estimate of drug-likeness (QED) is 0.522. The van der Waals surface area contributed by atoms with Crippen LogP contribution >= 0.6 is 15.9 Å². The van der Waals surface area contributed by atoms with Crippen LogP contribution in [0.3, 0.4) is 0 Å². The van der Waals surface area contributed by atoms with E-state index in [1.807, 2.05) is 12.1 Å². The highest BCUT2D eigenvalue weighted by Gasteiger charge is 2.16. The van der Waals surface area contributed by atoms with Crippen LogP contribution in [0.15, 0.2) is 70.3 Å². The van der Waals surface area contributed by atoms with Crippen LogP contribution in [-0.2, 0) is 16.6 Å². The van der Waals surface area contributed by atoms with Crippen LogP contribution in [-0.4, -0.2) is 26.4 Å². The fraction of sp³-hybridized carbons (Fsp3) is 0.100. The molecule has 30 heavy (non-hydrogen) atoms. The number of carbonyl (C=O) groups excluding carboxylic acids is 1. The van der Waals surface area contributed by atoms with Crippen LogP contribution in [0.4, 0.5) is 5.69 Å². The topological polar surface area (TPSA) is 121 Å². The molecule has 10 heteroatoms. The summed E-state index contributed by atoms with van der Waals surface area (Å²) >= 11 is 3.25. The van der Waals surface area contributed by atoms with Gasteiger partial charge in [0.05, 0.1) is 17.6 Å². The number of nitrogens with one attached hydrogen (secondary N) is 1. The standard InChI is InChI=1S/C20H18BrN3O5S/c1-28-18-5-2-14(10-19(18)29-12-13-6-8-23-9-7-13)24-20(25)16-11-15(30(22,26)27)3-4-17(16)21/h2-11H,12H2,1H3,(H,24,25)(H2,22,26,27). The lowest BCUT2D eigenvalue weighted by atomic mass is 10.2. The molecule has 0 aliphatic carbocycles. The van der Waals surface area contributed by atoms with Crippen molar-refractivity contribution in [1.82, 2.24) is 4.98 Å². The Morgan fingerprint density at radius 3 is 2.50 bits per heavy atom. The van der Waals surface area contributed by atoms with E-state index in [1.54, 1.807) is 30.6 Å². The van der Waals surface area contributed by atoms with Crippen LogP contribution in [0.5, 0.6) is 11.5 Å². The normalized spacial score (nSPS) is 11.0. The number of pyridine rings is 1. The van der Waals surface area contributed by atoms with Crippen molar-refractivity contribution in [3.63, 3.8) is 0 Å². The first-order valence-corrected chi connectivity index (χ1v) is 11.0. The lowest BCUT2D eigenvalue weighted by Crippen LogP contribution is -2.16. The molecule has 0 saturated carbocycles. The van der Waals surface area contributed by atoms with E-state index in [1.165, 1.54) is 25.3 Å². The number of carbonyl (C=O) groups is 1. The third-order valence-corrected chi connectivity index (χ3v) is 5.68. The van der Waals surface area contributed by atoms with Crippen molar-refractivity contribution in [2.75, 3.05) is 12.4 Å². The number of anilines is 1. The molecule has 3 N–H and O–H groups in total. The summed E-state index contributed by atoms with van der Waals surface area (Å²) in [6, 6.07) is 12.6. The predicted molar refractivity (Wildman–Crippen MR) is 115 cm³/mol. The number of primary sulfonamides is 1. The lowest BCUT2D eigenvalue weighted by Gasteiger charge is -2.13. The SMILES string of the molecule is COc1ccc(NC(=O)c2cc(S(N)(=O)=O)ccc2Br)cc1OCc1ccncc1. The minimum absolute atomic E-state index is 0.122. The Balaban J connectivity index is 1.82. The maximum Gasteiger partial charge on any atom is 0.256 e. The van der Waals surface area contributed by atoms with Crippen LogP contribution < -0.4 is 19.9 Å². The molecule has 0 bridgehead atoms. The molecule has 1 heterocycles. The van der Waals surface area contributed by atoms with Gasteiger partial charge in [0, 0.05) is 28.6 Å². The van der Waals surface area contributed by atoms with Crippen LogP contribution in [0, 0.1) is 0 Å². The van der Waals surface area contributed by atoms with Gasteiger partial charge in [-0.3, -0.25) is 9.78 Å². The molecule has 2 aromatic carbocycles. The van der Waals surface area contributed by atoms with E-state index >= 15 is 0 Å². The molecule has 8 nitrogen and oxygen atoms in total. The number of ether oxygens (including phenoxy) is 2. The number of sulfonamides is 1. The second kappa shape index (κ2) is 9.24. The van der Waals surface area contributed by atoms with Gasteiger partial charge in [-0.2, -0.15) is 0 Å². The molecule has 1 aromatic heterocycles. The molecule has 1 amide bonds. The highest BCUT2D eigenvalue weighted by Crippen LogP contribution is 2.31. The van der Waals surface area contributed by atoms with Crippen molar-refractivity contribution in [2.24, 2.45) is 5.14 Å². The Bertz CT molecular complexity index is 1170. The molecular formula is C20H18BrN3O5S. The first-order chi connectivity index (χ1) is 14.3. The molecule has 3 aromatic rings. The molecule has 0 aliphatic rings. The van der Waals surface area contributed by atoms with E-state index < -0.39 is 15.9 Å². The first kappa shape index (κ1) is 21.8. The fourth-order valence-electron chi connectivity index (χ4n) is 2.56. The maximum absolute atomic E-state index is 12.7. The van der Waals surface area contributed by atoms with Gasteiger partial charge in [0.25, 0.3) is 5.91 Å². The van der Waals surface area contributed by atoms with Gasteiger partial charge in [-0.1, -0.05) is 0 Å². The highest BCUT2D eigenvalue weighted by atomic mass is 79.9. The molecule has 0 unspecified atom stereocenters. The number of halogens is 1. The second-order valence-corrected chi connectivity index (χ2v) is 8.57. The molecule has 3 rings (SSSR count). The molecule has 0 atom stereocenters. The van der Waals surface area contributed by atoms with Gasteiger partial charge in [0.15, 0.2) is 11.5 Å². The number of nitrogens with two attached hydrogens (primary N) is 1. The zero-order chi connectivity index (χ0) is 21.7. The number of nitrogens with zero attached hydrogens (tertiary/aromatic N) is 1. The summed E-state index contributed by atoms with van der Waals surface area (Å²) in [5.74, 6) is 0.418. The van der Waals surface area contributed by atoms with E-state index in [2.05, 4.69) is 26.2 Å². The average molecular weight is 492 g/mol. The number of aromatic nitrogens is 1. The molecular weight excluding hydrogens is 474 g/mol. The Morgan fingerprint density at radius 1 is 1.10 bits per heavy atom. The van der Waals surface area contributed by atoms with Crippen molar-refractivity contribution in [2.45, 2.75) is 11.5 Å². The lowest BCUT2D eigenvalue weighted by molar-refractivity contribution is 0.102. The largest absolute Gasteiger partial charge is 0.493 e. The second-order valence-electron chi connectivity index (χ2n) is 6.15. The molecule has 0 aliphatic heterocycles. The minimum Gasteiger partial charge on any atom is -0.493 e. The van der Waals surface area contributed by atoms with E-state index in [0.29, 0.717) is 21.7 Å². The number of methoxy groups -OCH3 is 1. The van der Waals surface area contributed by atoms with Gasteiger partial charge >= 0.3 is 0 Å². The Labute approximate surface area is 182 Å². The zero-order valence-corrected chi connectivity index (χ0v) is 18.2. The third kappa shape index (κ3) is 5.35. The molecule has 0 radical (unpaired) electrons. The van der Waals surface area contributed by atoms with Gasteiger partial charge in [-0.25, -0.2) is 13.6 Å². The predicted octanol–water partition coefficient (Wildman–Crippen LogP) is 3.33. The number of benzene rings is 2. The fourth-order valence-corrected chi connectivity index (χ4v) is 3.53. The number of hydrogen-bond acceptors (Lipinski definition) is 6. The summed E-state index contributed by atoms with van der Waals surface area (Å²) in [4.78, 5) is 16.5. The summed E-state index contributed by atoms with van der Waals surface area (Å²) in [6.45, 7) is 0.290. The van der Waals surface area contributed by atoms with Crippen molar-refractivity contribution in [1.29, 1.82) is 0 Å². The van der Waals surface area contributed by atoms with Crippen molar-refractivity contribution >= 4 is 37.5 Å². The van der Waals surface area contributed by atoms with Gasteiger partial charge in [-0.05, 0) is 64.0 Å². The van der Waals surface area contributed by atoms with Crippen molar-refractivity contribution in [3.05, 3.63) is 76.5 Å². The number of rotatable bonds is 7. The number of amides is 1. The van der Waals surface area contributed by atoms with Crippen LogP contribution in [0.2, 0.25) is 0 Å². The monoisotopic (exact) mass is 491 g/mol. The smallest absolute Gasteiger partial charge is 0.256 e. The van der Waals surface area contributed by atoms with Gasteiger partial charge in [0.2, 0.25) is 10.0 Å². The van der Waals surface area contributed by atoms with Gasteiger partial charge in [-0.15, -0.1) is 0 Å². The first-order valence-electron chi connectivity index (χ1n) is 8.61. The van der Waals surface area contributed by atoms with Gasteiger partial charge in [0.1, 0.15) is 6.61 Å². The van der Waals surface area contributed by atoms with E-state index in [-0.39, 0.29) is 17.1 Å². The summed E-state index contributed by atoms with van der Waals surface area (Å²) in [5, 5.41) is 7.87. The Kier molecular flexibility index (Phi) is 6.70. The van der Waals surface area contributed by atoms with E-state index in [0.717, 1.165) is 5.56 Å². The Morgan fingerprint density at radius 2 is 1.83 bits per heavy atom. The Hall–Kier alpha value is -2.95. The molecule has 0 fully saturated rings. The van der Waals surface area contributed by atoms with E-state index in [4.69, 9.17) is 14.6 Å². The summed E-state index contributed by atoms with van der Waals surface area (Å²) in [6.07, 6.45) is 3.33. The highest BCUT2D eigenvalue weighted by molar-refractivity contribution is 9.10. The average Bonchev–Trinajstić information content (AvgIpc) is 2.72. The van der Waals surface area contributed by atoms with Gasteiger partial charge < -0.3 is 14.8 Å². The third-order valence-electron chi connectivity index (χ3n) is 4.08. The van der Waals surface area contributed by atoms with Crippen molar-refractivity contribution < 1.29 is 22.7 Å². The zero-order valence-electron chi connectivity index (χ0n) is 15.8. The maximum atomic E-state index is 12.7. The summed E-state index contributed by atoms with van der Waals surface area (Å²) < 4.78 is 34.7.